The first-order chi connectivity index (χ1) is 28.5. The van der Waals surface area contributed by atoms with E-state index in [1.54, 1.807) is 0 Å². The van der Waals surface area contributed by atoms with Crippen LogP contribution in [0.1, 0.15) is 25.0 Å². The molecule has 58 heavy (non-hydrogen) atoms. The molecule has 0 spiro atoms. The quantitative estimate of drug-likeness (QED) is 0.170. The third kappa shape index (κ3) is 5.48. The van der Waals surface area contributed by atoms with E-state index in [0.29, 0.717) is 17.5 Å². The van der Waals surface area contributed by atoms with Gasteiger partial charge in [-0.15, -0.1) is 0 Å². The summed E-state index contributed by atoms with van der Waals surface area (Å²) in [4.78, 5) is 15.5. The Bertz CT molecular complexity index is 3200. The number of benzene rings is 8. The van der Waals surface area contributed by atoms with Crippen LogP contribution in [0.25, 0.3) is 101 Å². The van der Waals surface area contributed by atoms with E-state index in [9.17, 15) is 0 Å². The van der Waals surface area contributed by atoms with E-state index in [-0.39, 0.29) is 5.41 Å². The first-order valence-corrected chi connectivity index (χ1v) is 19.8. The molecule has 2 heterocycles. The van der Waals surface area contributed by atoms with Crippen molar-refractivity contribution in [1.82, 2.24) is 15.0 Å². The largest absolute Gasteiger partial charge is 0.456 e. The van der Waals surface area contributed by atoms with Crippen molar-refractivity contribution >= 4 is 21.9 Å². The summed E-state index contributed by atoms with van der Waals surface area (Å²) >= 11 is 0. The maximum atomic E-state index is 6.54. The van der Waals surface area contributed by atoms with Gasteiger partial charge in [-0.1, -0.05) is 178 Å². The van der Waals surface area contributed by atoms with Crippen molar-refractivity contribution in [2.24, 2.45) is 0 Å². The molecule has 0 radical (unpaired) electrons. The lowest BCUT2D eigenvalue weighted by molar-refractivity contribution is 0.662. The SMILES string of the molecule is CC1(C)c2ccccc2-c2cccc(-c3cccc(-c4ccc5oc6cccc(-c7nc(-c8ccccc8)nc(-c8ccccc8-c8ccccc8)n7)c6c5c4)c3)c21. The number of nitrogens with zero attached hydrogens (tertiary/aromatic N) is 3. The van der Waals surface area contributed by atoms with Gasteiger partial charge in [0.1, 0.15) is 11.2 Å². The molecule has 0 atom stereocenters. The van der Waals surface area contributed by atoms with Gasteiger partial charge in [0.15, 0.2) is 17.5 Å². The fourth-order valence-corrected chi connectivity index (χ4v) is 9.03. The fraction of sp³-hybridized carbons (Fsp3) is 0.0556. The lowest BCUT2D eigenvalue weighted by atomic mass is 9.78. The lowest BCUT2D eigenvalue weighted by Gasteiger charge is -2.24. The Kier molecular flexibility index (Phi) is 7.80. The lowest BCUT2D eigenvalue weighted by Crippen LogP contribution is -2.16. The predicted octanol–water partition coefficient (Wildman–Crippen LogP) is 14.1. The highest BCUT2D eigenvalue weighted by atomic mass is 16.3. The normalized spacial score (nSPS) is 12.8. The third-order valence-electron chi connectivity index (χ3n) is 11.7. The Morgan fingerprint density at radius 2 is 0.914 bits per heavy atom. The van der Waals surface area contributed by atoms with E-state index >= 15 is 0 Å². The van der Waals surface area contributed by atoms with Crippen LogP contribution in [0.3, 0.4) is 0 Å². The van der Waals surface area contributed by atoms with Gasteiger partial charge in [0, 0.05) is 32.9 Å². The topological polar surface area (TPSA) is 51.8 Å². The van der Waals surface area contributed by atoms with Crippen LogP contribution in [0.4, 0.5) is 0 Å². The minimum absolute atomic E-state index is 0.109. The van der Waals surface area contributed by atoms with E-state index in [1.807, 2.05) is 54.6 Å². The van der Waals surface area contributed by atoms with Gasteiger partial charge >= 0.3 is 0 Å². The average Bonchev–Trinajstić information content (AvgIpc) is 3.78. The number of furan rings is 1. The van der Waals surface area contributed by atoms with Crippen molar-refractivity contribution in [2.45, 2.75) is 19.3 Å². The number of hydrogen-bond acceptors (Lipinski definition) is 4. The maximum absolute atomic E-state index is 6.54. The van der Waals surface area contributed by atoms with Crippen LogP contribution in [0.5, 0.6) is 0 Å². The van der Waals surface area contributed by atoms with Gasteiger partial charge in [-0.3, -0.25) is 0 Å². The van der Waals surface area contributed by atoms with Gasteiger partial charge in [0.2, 0.25) is 0 Å². The molecule has 0 N–H and O–H groups in total. The van der Waals surface area contributed by atoms with Crippen LogP contribution in [0.2, 0.25) is 0 Å². The zero-order valence-corrected chi connectivity index (χ0v) is 32.1. The third-order valence-corrected chi connectivity index (χ3v) is 11.7. The molecule has 0 amide bonds. The van der Waals surface area contributed by atoms with Gasteiger partial charge < -0.3 is 4.42 Å². The van der Waals surface area contributed by atoms with E-state index in [1.165, 1.54) is 33.4 Å². The molecule has 2 aromatic heterocycles. The Morgan fingerprint density at radius 1 is 0.362 bits per heavy atom. The van der Waals surface area contributed by atoms with Gasteiger partial charge in [-0.25, -0.2) is 15.0 Å². The summed E-state index contributed by atoms with van der Waals surface area (Å²) < 4.78 is 6.54. The molecule has 274 valence electrons. The molecular weight excluding hydrogens is 707 g/mol. The Balaban J connectivity index is 1.06. The fourth-order valence-electron chi connectivity index (χ4n) is 9.03. The molecular formula is C54H37N3O. The second kappa shape index (κ2) is 13.4. The van der Waals surface area contributed by atoms with Crippen molar-refractivity contribution in [3.63, 3.8) is 0 Å². The molecule has 0 aliphatic heterocycles. The molecule has 0 saturated heterocycles. The van der Waals surface area contributed by atoms with Crippen LogP contribution in [-0.2, 0) is 5.41 Å². The van der Waals surface area contributed by atoms with Crippen LogP contribution in [0.15, 0.2) is 192 Å². The zero-order valence-electron chi connectivity index (χ0n) is 32.1. The van der Waals surface area contributed by atoms with Gasteiger partial charge in [-0.05, 0) is 79.9 Å². The summed E-state index contributed by atoms with van der Waals surface area (Å²) in [5.74, 6) is 1.82. The molecule has 8 aromatic carbocycles. The Morgan fingerprint density at radius 3 is 1.72 bits per heavy atom. The summed E-state index contributed by atoms with van der Waals surface area (Å²) in [6.07, 6.45) is 0. The van der Waals surface area contributed by atoms with Crippen LogP contribution in [0, 0.1) is 0 Å². The van der Waals surface area contributed by atoms with Crippen LogP contribution < -0.4 is 0 Å². The molecule has 0 unspecified atom stereocenters. The number of rotatable bonds is 6. The summed E-state index contributed by atoms with van der Waals surface area (Å²) in [6, 6.07) is 66.0. The molecule has 0 fully saturated rings. The van der Waals surface area contributed by atoms with Crippen molar-refractivity contribution in [3.8, 4) is 78.7 Å². The molecule has 1 aliphatic carbocycles. The first-order valence-electron chi connectivity index (χ1n) is 19.8. The van der Waals surface area contributed by atoms with Crippen molar-refractivity contribution in [2.75, 3.05) is 0 Å². The number of fused-ring (bicyclic) bond motifs is 6. The van der Waals surface area contributed by atoms with E-state index in [2.05, 4.69) is 147 Å². The monoisotopic (exact) mass is 743 g/mol. The minimum Gasteiger partial charge on any atom is -0.456 e. The predicted molar refractivity (Wildman–Crippen MR) is 237 cm³/mol. The number of aromatic nitrogens is 3. The van der Waals surface area contributed by atoms with E-state index < -0.39 is 0 Å². The summed E-state index contributed by atoms with van der Waals surface area (Å²) in [7, 11) is 0. The van der Waals surface area contributed by atoms with Crippen molar-refractivity contribution < 1.29 is 4.42 Å². The highest BCUT2D eigenvalue weighted by Crippen LogP contribution is 2.52. The average molecular weight is 744 g/mol. The molecule has 4 nitrogen and oxygen atoms in total. The smallest absolute Gasteiger partial charge is 0.164 e. The van der Waals surface area contributed by atoms with Crippen molar-refractivity contribution in [3.05, 3.63) is 199 Å². The second-order valence-electron chi connectivity index (χ2n) is 15.6. The molecule has 10 aromatic rings. The van der Waals surface area contributed by atoms with E-state index in [0.717, 1.165) is 60.9 Å². The minimum atomic E-state index is -0.109. The van der Waals surface area contributed by atoms with Gasteiger partial charge in [-0.2, -0.15) is 0 Å². The van der Waals surface area contributed by atoms with E-state index in [4.69, 9.17) is 19.4 Å². The standard InChI is InChI=1S/C54H37N3O/c1-54(2)46-28-12-11-23-41(46)42-26-14-25-40(50(42)54)38-21-13-20-36(32-38)37-30-31-47-45(33-37)49-44(27-15-29-48(49)58-47)53-56-51(35-18-7-4-8-19-35)55-52(57-53)43-24-10-9-22-39(43)34-16-5-3-6-17-34/h3-33H,1-2H3. The highest BCUT2D eigenvalue weighted by Gasteiger charge is 2.37. The Hall–Kier alpha value is -7.43. The van der Waals surface area contributed by atoms with Gasteiger partial charge in [0.05, 0.1) is 0 Å². The molecule has 11 rings (SSSR count). The summed E-state index contributed by atoms with van der Waals surface area (Å²) in [6.45, 7) is 4.70. The summed E-state index contributed by atoms with van der Waals surface area (Å²) in [5.41, 5.74) is 16.5. The summed E-state index contributed by atoms with van der Waals surface area (Å²) in [5, 5.41) is 1.99. The van der Waals surface area contributed by atoms with Crippen LogP contribution in [-0.4, -0.2) is 15.0 Å². The van der Waals surface area contributed by atoms with Gasteiger partial charge in [0.25, 0.3) is 0 Å². The zero-order chi connectivity index (χ0) is 38.8. The Labute approximate surface area is 337 Å². The maximum Gasteiger partial charge on any atom is 0.164 e. The van der Waals surface area contributed by atoms with Crippen LogP contribution >= 0.6 is 0 Å². The molecule has 1 aliphatic rings. The second-order valence-corrected chi connectivity index (χ2v) is 15.6. The number of hydrogen-bond donors (Lipinski definition) is 0. The molecule has 0 saturated carbocycles. The highest BCUT2D eigenvalue weighted by molar-refractivity contribution is 6.13. The molecule has 4 heteroatoms. The first kappa shape index (κ1) is 33.9. The van der Waals surface area contributed by atoms with Crippen molar-refractivity contribution in [1.29, 1.82) is 0 Å². The molecule has 0 bridgehead atoms.